The van der Waals surface area contributed by atoms with Crippen molar-refractivity contribution >= 4 is 65.7 Å². The van der Waals surface area contributed by atoms with Crippen LogP contribution in [0.3, 0.4) is 0 Å². The monoisotopic (exact) mass is 487 g/mol. The Morgan fingerprint density at radius 1 is 1.10 bits per heavy atom. The van der Waals surface area contributed by atoms with Crippen LogP contribution in [0.1, 0.15) is 0 Å². The molecule has 0 spiro atoms. The van der Waals surface area contributed by atoms with E-state index in [0.29, 0.717) is 27.6 Å². The first-order valence-corrected chi connectivity index (χ1v) is 11.5. The van der Waals surface area contributed by atoms with Crippen LogP contribution in [0.4, 0.5) is 28.8 Å². The average Bonchev–Trinajstić information content (AvgIpc) is 3.17. The van der Waals surface area contributed by atoms with Gasteiger partial charge in [0, 0.05) is 24.3 Å². The van der Waals surface area contributed by atoms with Gasteiger partial charge in [-0.15, -0.1) is 0 Å². The minimum atomic E-state index is -3.41. The summed E-state index contributed by atoms with van der Waals surface area (Å²) < 4.78 is 25.8. The molecule has 0 aliphatic rings. The summed E-state index contributed by atoms with van der Waals surface area (Å²) in [4.78, 5) is 8.82. The zero-order valence-corrected chi connectivity index (χ0v) is 18.5. The molecule has 9 nitrogen and oxygen atoms in total. The SMILES string of the molecule is CN(c1ccccc1Nc1nc(Nc2ccc3cn[nH]c3c2)ncc1Br)S(C)(=O)=O. The molecule has 0 atom stereocenters. The van der Waals surface area contributed by atoms with E-state index in [1.54, 1.807) is 30.6 Å². The van der Waals surface area contributed by atoms with E-state index in [1.165, 1.54) is 11.4 Å². The van der Waals surface area contributed by atoms with E-state index in [-0.39, 0.29) is 0 Å². The number of para-hydroxylation sites is 2. The predicted molar refractivity (Wildman–Crippen MR) is 122 cm³/mol. The molecule has 11 heteroatoms. The van der Waals surface area contributed by atoms with Crippen molar-refractivity contribution in [2.75, 3.05) is 28.2 Å². The summed E-state index contributed by atoms with van der Waals surface area (Å²) in [5, 5.41) is 14.3. The van der Waals surface area contributed by atoms with Gasteiger partial charge in [0.15, 0.2) is 0 Å². The van der Waals surface area contributed by atoms with Crippen molar-refractivity contribution in [3.05, 3.63) is 59.3 Å². The lowest BCUT2D eigenvalue weighted by Gasteiger charge is -2.21. The summed E-state index contributed by atoms with van der Waals surface area (Å²) in [5.74, 6) is 0.873. The summed E-state index contributed by atoms with van der Waals surface area (Å²) in [5.41, 5.74) is 2.80. The Hall–Kier alpha value is -3.18. The summed E-state index contributed by atoms with van der Waals surface area (Å²) >= 11 is 3.44. The highest BCUT2D eigenvalue weighted by atomic mass is 79.9. The van der Waals surface area contributed by atoms with Crippen molar-refractivity contribution in [3.63, 3.8) is 0 Å². The number of aromatic nitrogens is 4. The number of benzene rings is 2. The molecule has 2 heterocycles. The zero-order valence-electron chi connectivity index (χ0n) is 16.1. The number of nitrogens with one attached hydrogen (secondary N) is 3. The van der Waals surface area contributed by atoms with E-state index >= 15 is 0 Å². The van der Waals surface area contributed by atoms with Gasteiger partial charge in [-0.25, -0.2) is 13.4 Å². The molecule has 0 radical (unpaired) electrons. The van der Waals surface area contributed by atoms with E-state index in [2.05, 4.69) is 46.7 Å². The molecule has 2 aromatic carbocycles. The number of anilines is 5. The van der Waals surface area contributed by atoms with Gasteiger partial charge in [0.2, 0.25) is 16.0 Å². The number of nitrogens with zero attached hydrogens (tertiary/aromatic N) is 4. The highest BCUT2D eigenvalue weighted by Gasteiger charge is 2.16. The molecule has 4 rings (SSSR count). The van der Waals surface area contributed by atoms with Crippen LogP contribution >= 0.6 is 15.9 Å². The van der Waals surface area contributed by atoms with Gasteiger partial charge in [-0.1, -0.05) is 12.1 Å². The number of hydrogen-bond donors (Lipinski definition) is 3. The molecule has 0 fully saturated rings. The smallest absolute Gasteiger partial charge is 0.232 e. The average molecular weight is 488 g/mol. The second-order valence-corrected chi connectivity index (χ2v) is 9.43. The van der Waals surface area contributed by atoms with Crippen molar-refractivity contribution in [1.29, 1.82) is 0 Å². The number of fused-ring (bicyclic) bond motifs is 1. The molecule has 0 saturated heterocycles. The molecule has 0 aliphatic heterocycles. The Labute approximate surface area is 181 Å². The van der Waals surface area contributed by atoms with Crippen LogP contribution in [0.2, 0.25) is 0 Å². The Bertz CT molecular complexity index is 1320. The lowest BCUT2D eigenvalue weighted by Crippen LogP contribution is -2.25. The molecular formula is C19H18BrN7O2S. The number of halogens is 1. The zero-order chi connectivity index (χ0) is 21.3. The van der Waals surface area contributed by atoms with Gasteiger partial charge >= 0.3 is 0 Å². The fourth-order valence-corrected chi connectivity index (χ4v) is 3.63. The molecule has 4 aromatic rings. The summed E-state index contributed by atoms with van der Waals surface area (Å²) in [6.45, 7) is 0. The van der Waals surface area contributed by atoms with Crippen LogP contribution in [0.5, 0.6) is 0 Å². The summed E-state index contributed by atoms with van der Waals surface area (Å²) in [6, 6.07) is 12.9. The first-order chi connectivity index (χ1) is 14.3. The number of sulfonamides is 1. The van der Waals surface area contributed by atoms with Crippen LogP contribution in [-0.2, 0) is 10.0 Å². The van der Waals surface area contributed by atoms with E-state index in [0.717, 1.165) is 22.8 Å². The van der Waals surface area contributed by atoms with Gasteiger partial charge in [-0.2, -0.15) is 10.1 Å². The molecule has 3 N–H and O–H groups in total. The second-order valence-electron chi connectivity index (χ2n) is 6.56. The third-order valence-corrected chi connectivity index (χ3v) is 6.21. The van der Waals surface area contributed by atoms with Crippen molar-refractivity contribution < 1.29 is 8.42 Å². The third kappa shape index (κ3) is 4.21. The normalized spacial score (nSPS) is 11.4. The van der Waals surface area contributed by atoms with Crippen LogP contribution in [0.25, 0.3) is 10.9 Å². The highest BCUT2D eigenvalue weighted by molar-refractivity contribution is 9.10. The number of rotatable bonds is 6. The molecule has 0 amide bonds. The Morgan fingerprint density at radius 2 is 1.90 bits per heavy atom. The Balaban J connectivity index is 1.63. The molecule has 2 aromatic heterocycles. The van der Waals surface area contributed by atoms with Crippen molar-refractivity contribution in [2.24, 2.45) is 0 Å². The molecule has 0 bridgehead atoms. The molecule has 0 saturated carbocycles. The summed E-state index contributed by atoms with van der Waals surface area (Å²) in [7, 11) is -1.91. The van der Waals surface area contributed by atoms with Crippen molar-refractivity contribution in [2.45, 2.75) is 0 Å². The fraction of sp³-hybridized carbons (Fsp3) is 0.105. The van der Waals surface area contributed by atoms with Crippen LogP contribution in [0, 0.1) is 0 Å². The maximum absolute atomic E-state index is 12.0. The number of aromatic amines is 1. The Morgan fingerprint density at radius 3 is 2.70 bits per heavy atom. The van der Waals surface area contributed by atoms with E-state index in [4.69, 9.17) is 0 Å². The van der Waals surface area contributed by atoms with Gasteiger partial charge in [0.25, 0.3) is 0 Å². The standard InChI is InChI=1S/C19H18BrN7O2S/c1-27(30(2,28)29)17-6-4-3-5-15(17)24-18-14(20)11-21-19(25-18)23-13-8-7-12-10-22-26-16(12)9-13/h3-11H,1-2H3,(H,22,26)(H2,21,23,24,25). The lowest BCUT2D eigenvalue weighted by atomic mass is 10.2. The topological polar surface area (TPSA) is 116 Å². The third-order valence-electron chi connectivity index (χ3n) is 4.44. The van der Waals surface area contributed by atoms with Crippen LogP contribution in [-0.4, -0.2) is 41.9 Å². The first-order valence-electron chi connectivity index (χ1n) is 8.84. The van der Waals surface area contributed by atoms with Crippen molar-refractivity contribution in [1.82, 2.24) is 20.2 Å². The molecule has 0 aliphatic carbocycles. The van der Waals surface area contributed by atoms with E-state index < -0.39 is 10.0 Å². The number of hydrogen-bond acceptors (Lipinski definition) is 7. The first kappa shape index (κ1) is 20.1. The van der Waals surface area contributed by atoms with Gasteiger partial charge in [0.05, 0.1) is 33.8 Å². The number of H-pyrrole nitrogens is 1. The van der Waals surface area contributed by atoms with Gasteiger partial charge < -0.3 is 10.6 Å². The van der Waals surface area contributed by atoms with Gasteiger partial charge in [-0.3, -0.25) is 9.40 Å². The van der Waals surface area contributed by atoms with E-state index in [1.807, 2.05) is 24.3 Å². The molecule has 154 valence electrons. The van der Waals surface area contributed by atoms with E-state index in [9.17, 15) is 8.42 Å². The van der Waals surface area contributed by atoms with Crippen LogP contribution in [0.15, 0.2) is 59.3 Å². The predicted octanol–water partition coefficient (Wildman–Crippen LogP) is 4.00. The quantitative estimate of drug-likeness (QED) is 0.376. The maximum Gasteiger partial charge on any atom is 0.232 e. The summed E-state index contributed by atoms with van der Waals surface area (Å²) in [6.07, 6.45) is 4.53. The largest absolute Gasteiger partial charge is 0.337 e. The minimum absolute atomic E-state index is 0.383. The maximum atomic E-state index is 12.0. The lowest BCUT2D eigenvalue weighted by molar-refractivity contribution is 0.600. The molecule has 0 unspecified atom stereocenters. The van der Waals surface area contributed by atoms with Crippen molar-refractivity contribution in [3.8, 4) is 0 Å². The van der Waals surface area contributed by atoms with Crippen LogP contribution < -0.4 is 14.9 Å². The Kier molecular flexibility index (Phi) is 5.31. The fourth-order valence-electron chi connectivity index (χ4n) is 2.82. The molecular weight excluding hydrogens is 470 g/mol. The van der Waals surface area contributed by atoms with Gasteiger partial charge in [0.1, 0.15) is 5.82 Å². The molecule has 30 heavy (non-hydrogen) atoms. The minimum Gasteiger partial charge on any atom is -0.337 e. The highest BCUT2D eigenvalue weighted by Crippen LogP contribution is 2.32. The van der Waals surface area contributed by atoms with Gasteiger partial charge in [-0.05, 0) is 46.3 Å². The second kappa shape index (κ2) is 7.92.